The van der Waals surface area contributed by atoms with Crippen molar-refractivity contribution in [1.82, 2.24) is 0 Å². The molecule has 5 aliphatic rings. The van der Waals surface area contributed by atoms with Crippen molar-refractivity contribution in [2.45, 2.75) is 89.9 Å². The first-order valence-electron chi connectivity index (χ1n) is 11.9. The van der Waals surface area contributed by atoms with Crippen LogP contribution in [0.2, 0.25) is 0 Å². The number of benzene rings is 1. The van der Waals surface area contributed by atoms with E-state index in [1.807, 2.05) is 6.92 Å². The molecule has 2 bridgehead atoms. The van der Waals surface area contributed by atoms with Crippen molar-refractivity contribution in [3.8, 4) is 11.5 Å². The second-order valence-electron chi connectivity index (χ2n) is 10.8. The third-order valence-electron chi connectivity index (χ3n) is 8.06. The van der Waals surface area contributed by atoms with Gasteiger partial charge in [0.15, 0.2) is 17.5 Å². The highest BCUT2D eigenvalue weighted by Gasteiger charge is 2.69. The molecule has 1 N–H and O–H groups in total. The molecule has 4 saturated heterocycles. The number of aliphatic carboxylic acids is 1. The van der Waals surface area contributed by atoms with Crippen LogP contribution in [0.15, 0.2) is 24.3 Å². The van der Waals surface area contributed by atoms with Gasteiger partial charge in [-0.05, 0) is 76.1 Å². The minimum Gasteiger partial charge on any atom is -0.478 e. The molecule has 1 spiro atoms. The van der Waals surface area contributed by atoms with E-state index in [0.717, 1.165) is 25.7 Å². The Bertz CT molecular complexity index is 900. The zero-order chi connectivity index (χ0) is 23.6. The number of carboxylic acid groups (broad SMARTS) is 1. The maximum absolute atomic E-state index is 11.3. The van der Waals surface area contributed by atoms with Crippen LogP contribution in [0.1, 0.15) is 60.3 Å². The summed E-state index contributed by atoms with van der Waals surface area (Å²) < 4.78 is 24.7. The van der Waals surface area contributed by atoms with Crippen LogP contribution in [0.25, 0.3) is 0 Å². The highest BCUT2D eigenvalue weighted by molar-refractivity contribution is 5.76. The first-order valence-corrected chi connectivity index (χ1v) is 11.9. The van der Waals surface area contributed by atoms with Gasteiger partial charge in [0.2, 0.25) is 12.1 Å². The van der Waals surface area contributed by atoms with Crippen molar-refractivity contribution >= 4 is 5.97 Å². The van der Waals surface area contributed by atoms with Crippen LogP contribution in [0.5, 0.6) is 11.5 Å². The molecule has 4 aliphatic heterocycles. The molecule has 0 amide bonds. The maximum Gasteiger partial charge on any atom is 0.347 e. The molecule has 182 valence electrons. The number of fused-ring (bicyclic) bond motifs is 2. The SMILES string of the molecule is C[C@H]1[C@@H](Oc2ccc(OC(C)(C)C(=O)O)cc2)O[C@@H]2O[C@@]3(C)CC[C@H]4[C@H](C)CC[C@@H]1[C@@]24OO3. The van der Waals surface area contributed by atoms with Crippen LogP contribution in [-0.4, -0.2) is 40.6 Å². The maximum atomic E-state index is 11.3. The van der Waals surface area contributed by atoms with Crippen LogP contribution in [0.4, 0.5) is 0 Å². The monoisotopic (exact) mass is 462 g/mol. The molecular formula is C25H34O8. The third kappa shape index (κ3) is 3.71. The van der Waals surface area contributed by atoms with Gasteiger partial charge in [-0.15, -0.1) is 0 Å². The summed E-state index contributed by atoms with van der Waals surface area (Å²) in [4.78, 5) is 23.3. The fourth-order valence-electron chi connectivity index (χ4n) is 6.07. The predicted octanol–water partition coefficient (Wildman–Crippen LogP) is 4.52. The van der Waals surface area contributed by atoms with E-state index in [1.54, 1.807) is 24.3 Å². The van der Waals surface area contributed by atoms with Crippen LogP contribution >= 0.6 is 0 Å². The second kappa shape index (κ2) is 7.83. The summed E-state index contributed by atoms with van der Waals surface area (Å²) >= 11 is 0. The number of hydrogen-bond acceptors (Lipinski definition) is 7. The highest BCUT2D eigenvalue weighted by Crippen LogP contribution is 2.60. The molecule has 4 heterocycles. The minimum atomic E-state index is -1.32. The van der Waals surface area contributed by atoms with Crippen molar-refractivity contribution in [3.63, 3.8) is 0 Å². The topological polar surface area (TPSA) is 92.7 Å². The molecule has 1 saturated carbocycles. The van der Waals surface area contributed by atoms with E-state index in [1.165, 1.54) is 13.8 Å². The number of rotatable bonds is 5. The van der Waals surface area contributed by atoms with E-state index >= 15 is 0 Å². The van der Waals surface area contributed by atoms with E-state index in [-0.39, 0.29) is 11.8 Å². The average molecular weight is 463 g/mol. The van der Waals surface area contributed by atoms with Crippen LogP contribution in [-0.2, 0) is 24.0 Å². The van der Waals surface area contributed by atoms with Crippen LogP contribution < -0.4 is 9.47 Å². The lowest BCUT2D eigenvalue weighted by molar-refractivity contribution is -0.575. The lowest BCUT2D eigenvalue weighted by atomic mass is 9.58. The molecule has 1 aromatic carbocycles. The molecule has 5 fully saturated rings. The number of carbonyl (C=O) groups is 1. The van der Waals surface area contributed by atoms with Gasteiger partial charge in [0.05, 0.1) is 0 Å². The van der Waals surface area contributed by atoms with Gasteiger partial charge in [0.1, 0.15) is 11.5 Å². The van der Waals surface area contributed by atoms with E-state index in [2.05, 4.69) is 13.8 Å². The zero-order valence-corrected chi connectivity index (χ0v) is 19.9. The fraction of sp³-hybridized carbons (Fsp3) is 0.720. The molecule has 33 heavy (non-hydrogen) atoms. The summed E-state index contributed by atoms with van der Waals surface area (Å²) in [5.74, 6) is 0.286. The van der Waals surface area contributed by atoms with Gasteiger partial charge in [0, 0.05) is 18.3 Å². The fourth-order valence-corrected chi connectivity index (χ4v) is 6.07. The summed E-state index contributed by atoms with van der Waals surface area (Å²) in [5.41, 5.74) is -1.94. The average Bonchev–Trinajstić information content (AvgIpc) is 2.99. The molecular weight excluding hydrogens is 428 g/mol. The molecule has 8 atom stereocenters. The Labute approximate surface area is 194 Å². The van der Waals surface area contributed by atoms with Crippen molar-refractivity contribution in [3.05, 3.63) is 24.3 Å². The summed E-state index contributed by atoms with van der Waals surface area (Å²) in [6.07, 6.45) is 2.82. The summed E-state index contributed by atoms with van der Waals surface area (Å²) in [5, 5.41) is 9.27. The van der Waals surface area contributed by atoms with Gasteiger partial charge < -0.3 is 24.1 Å². The summed E-state index contributed by atoms with van der Waals surface area (Å²) in [6, 6.07) is 6.94. The Hall–Kier alpha value is -1.87. The van der Waals surface area contributed by atoms with Crippen LogP contribution in [0, 0.1) is 23.7 Å². The predicted molar refractivity (Wildman–Crippen MR) is 116 cm³/mol. The second-order valence-corrected chi connectivity index (χ2v) is 10.8. The number of hydrogen-bond donors (Lipinski definition) is 1. The smallest absolute Gasteiger partial charge is 0.347 e. The van der Waals surface area contributed by atoms with E-state index in [9.17, 15) is 9.90 Å². The lowest BCUT2D eigenvalue weighted by Gasteiger charge is -2.60. The van der Waals surface area contributed by atoms with Crippen LogP contribution in [0.3, 0.4) is 0 Å². The largest absolute Gasteiger partial charge is 0.478 e. The molecule has 0 aromatic heterocycles. The summed E-state index contributed by atoms with van der Waals surface area (Å²) in [6.45, 7) is 9.36. The number of ether oxygens (including phenoxy) is 4. The number of carboxylic acids is 1. The van der Waals surface area contributed by atoms with Gasteiger partial charge >= 0.3 is 5.97 Å². The van der Waals surface area contributed by atoms with Gasteiger partial charge in [-0.1, -0.05) is 13.8 Å². The molecule has 6 rings (SSSR count). The van der Waals surface area contributed by atoms with Gasteiger partial charge in [-0.2, -0.15) is 0 Å². The molecule has 0 unspecified atom stereocenters. The van der Waals surface area contributed by atoms with E-state index < -0.39 is 35.5 Å². The quantitative estimate of drug-likeness (QED) is 0.639. The highest BCUT2D eigenvalue weighted by atomic mass is 17.3. The van der Waals surface area contributed by atoms with Gasteiger partial charge in [0.25, 0.3) is 0 Å². The van der Waals surface area contributed by atoms with Crippen molar-refractivity contribution in [2.75, 3.05) is 0 Å². The minimum absolute atomic E-state index is 0.0628. The molecule has 0 radical (unpaired) electrons. The first-order chi connectivity index (χ1) is 15.5. The zero-order valence-electron chi connectivity index (χ0n) is 19.9. The van der Waals surface area contributed by atoms with Gasteiger partial charge in [-0.3, -0.25) is 0 Å². The molecule has 1 aliphatic carbocycles. The Morgan fingerprint density at radius 2 is 1.76 bits per heavy atom. The Morgan fingerprint density at radius 1 is 1.06 bits per heavy atom. The summed E-state index contributed by atoms with van der Waals surface area (Å²) in [7, 11) is 0. The first kappa shape index (κ1) is 22.9. The Kier molecular flexibility index (Phi) is 5.44. The van der Waals surface area contributed by atoms with Crippen molar-refractivity contribution < 1.29 is 38.6 Å². The standard InChI is InChI=1S/C25H34O8/c1-14-6-11-19-15(2)20(28-16-7-9-17(10-8-16)30-23(3,4)21(26)27)29-22-25(19)18(14)12-13-24(5,31-22)32-33-25/h7-10,14-15,18-20,22H,6,11-13H2,1-5H3,(H,26,27)/t14-,15-,18+,19+,20+,22-,24-,25-/m1/s1. The Morgan fingerprint density at radius 3 is 2.45 bits per heavy atom. The molecule has 8 nitrogen and oxygen atoms in total. The molecule has 8 heteroatoms. The van der Waals surface area contributed by atoms with Gasteiger partial charge in [-0.25, -0.2) is 14.6 Å². The normalized spacial score (nSPS) is 42.2. The Balaban J connectivity index is 1.36. The van der Waals surface area contributed by atoms with E-state index in [4.69, 9.17) is 28.7 Å². The van der Waals surface area contributed by atoms with Crippen molar-refractivity contribution in [1.29, 1.82) is 0 Å². The lowest BCUT2D eigenvalue weighted by Crippen LogP contribution is -2.70. The van der Waals surface area contributed by atoms with E-state index in [0.29, 0.717) is 23.3 Å². The van der Waals surface area contributed by atoms with Crippen molar-refractivity contribution in [2.24, 2.45) is 23.7 Å². The third-order valence-corrected chi connectivity index (χ3v) is 8.06. The molecule has 1 aromatic rings.